The van der Waals surface area contributed by atoms with Gasteiger partial charge in [0.2, 0.25) is 0 Å². The molecule has 1 aliphatic heterocycles. The summed E-state index contributed by atoms with van der Waals surface area (Å²) in [7, 11) is 1.55. The van der Waals surface area contributed by atoms with Gasteiger partial charge >= 0.3 is 6.03 Å². The molecule has 1 heterocycles. The van der Waals surface area contributed by atoms with Crippen molar-refractivity contribution in [2.45, 2.75) is 13.1 Å². The number of hydrogen-bond donors (Lipinski definition) is 3. The van der Waals surface area contributed by atoms with Crippen molar-refractivity contribution in [1.29, 1.82) is 0 Å². The molecule has 31 heavy (non-hydrogen) atoms. The van der Waals surface area contributed by atoms with Gasteiger partial charge in [-0.05, 0) is 53.6 Å². The van der Waals surface area contributed by atoms with Gasteiger partial charge in [-0.2, -0.15) is 0 Å². The molecule has 4 amide bonds. The van der Waals surface area contributed by atoms with Gasteiger partial charge in [-0.1, -0.05) is 30.3 Å². The molecule has 1 aliphatic rings. The van der Waals surface area contributed by atoms with E-state index < -0.39 is 0 Å². The lowest BCUT2D eigenvalue weighted by atomic mass is 10.1. The van der Waals surface area contributed by atoms with Crippen LogP contribution in [-0.2, 0) is 13.1 Å². The minimum Gasteiger partial charge on any atom is -0.355 e. The maximum atomic E-state index is 12.6. The van der Waals surface area contributed by atoms with Gasteiger partial charge in [0.05, 0.1) is 0 Å². The van der Waals surface area contributed by atoms with Crippen molar-refractivity contribution in [3.8, 4) is 0 Å². The van der Waals surface area contributed by atoms with E-state index >= 15 is 0 Å². The van der Waals surface area contributed by atoms with Gasteiger partial charge < -0.3 is 20.9 Å². The van der Waals surface area contributed by atoms with Crippen molar-refractivity contribution in [2.24, 2.45) is 0 Å². The Morgan fingerprint density at radius 2 is 1.39 bits per heavy atom. The molecule has 0 aromatic heterocycles. The number of amides is 4. The van der Waals surface area contributed by atoms with Gasteiger partial charge in [0.15, 0.2) is 0 Å². The summed E-state index contributed by atoms with van der Waals surface area (Å²) in [6.45, 7) is 1.16. The van der Waals surface area contributed by atoms with Crippen molar-refractivity contribution >= 4 is 29.2 Å². The van der Waals surface area contributed by atoms with E-state index in [1.807, 2.05) is 24.3 Å². The van der Waals surface area contributed by atoms with Gasteiger partial charge in [0.25, 0.3) is 11.8 Å². The van der Waals surface area contributed by atoms with Gasteiger partial charge in [-0.25, -0.2) is 4.79 Å². The molecule has 0 bridgehead atoms. The molecule has 3 N–H and O–H groups in total. The quantitative estimate of drug-likeness (QED) is 0.606. The smallest absolute Gasteiger partial charge is 0.322 e. The van der Waals surface area contributed by atoms with Crippen LogP contribution in [0.4, 0.5) is 16.2 Å². The third kappa shape index (κ3) is 4.56. The normalized spacial score (nSPS) is 12.1. The van der Waals surface area contributed by atoms with E-state index in [0.29, 0.717) is 35.6 Å². The van der Waals surface area contributed by atoms with Crippen LogP contribution in [0.3, 0.4) is 0 Å². The lowest BCUT2D eigenvalue weighted by Crippen LogP contribution is -2.30. The number of carbonyl (C=O) groups excluding carboxylic acids is 3. The molecule has 0 aliphatic carbocycles. The molecule has 3 aromatic carbocycles. The molecule has 7 heteroatoms. The summed E-state index contributed by atoms with van der Waals surface area (Å²) in [5.41, 5.74) is 4.35. The van der Waals surface area contributed by atoms with Crippen LogP contribution < -0.4 is 16.0 Å². The second-order valence-electron chi connectivity index (χ2n) is 7.25. The first-order valence-electron chi connectivity index (χ1n) is 9.90. The number of rotatable bonds is 4. The second-order valence-corrected chi connectivity index (χ2v) is 7.25. The predicted molar refractivity (Wildman–Crippen MR) is 119 cm³/mol. The summed E-state index contributed by atoms with van der Waals surface area (Å²) in [5, 5.41) is 8.20. The fraction of sp³-hybridized carbons (Fsp3) is 0.125. The van der Waals surface area contributed by atoms with Crippen LogP contribution in [0, 0.1) is 0 Å². The molecule has 0 fully saturated rings. The summed E-state index contributed by atoms with van der Waals surface area (Å²) < 4.78 is 0. The molecular formula is C24H22N4O3. The van der Waals surface area contributed by atoms with E-state index in [4.69, 9.17) is 0 Å². The highest BCUT2D eigenvalue weighted by Crippen LogP contribution is 2.23. The molecule has 4 rings (SSSR count). The number of hydrogen-bond acceptors (Lipinski definition) is 3. The van der Waals surface area contributed by atoms with Crippen LogP contribution in [-0.4, -0.2) is 29.8 Å². The molecule has 0 radical (unpaired) electrons. The van der Waals surface area contributed by atoms with Gasteiger partial charge in [-0.3, -0.25) is 9.59 Å². The van der Waals surface area contributed by atoms with Gasteiger partial charge in [-0.15, -0.1) is 0 Å². The predicted octanol–water partition coefficient (Wildman–Crippen LogP) is 3.85. The number of nitrogens with one attached hydrogen (secondary N) is 3. The molecule has 0 atom stereocenters. The lowest BCUT2D eigenvalue weighted by Gasteiger charge is -2.16. The third-order valence-electron chi connectivity index (χ3n) is 5.14. The van der Waals surface area contributed by atoms with E-state index in [9.17, 15) is 14.4 Å². The number of benzene rings is 3. The number of fused-ring (bicyclic) bond motifs is 1. The van der Waals surface area contributed by atoms with Crippen LogP contribution in [0.1, 0.15) is 31.8 Å². The Labute approximate surface area is 180 Å². The Balaban J connectivity index is 1.36. The largest absolute Gasteiger partial charge is 0.355 e. The maximum Gasteiger partial charge on any atom is 0.322 e. The topological polar surface area (TPSA) is 90.5 Å². The zero-order chi connectivity index (χ0) is 21.8. The standard InChI is InChI=1S/C24H22N4O3/c1-25-22(29)17-7-4-8-21(13-17)26-23(30)16-9-11-20(12-10-16)27-24(31)28-14-18-5-2-3-6-19(18)15-28/h2-13H,14-15H2,1H3,(H,25,29)(H,26,30)(H,27,31). The highest BCUT2D eigenvalue weighted by molar-refractivity contribution is 6.05. The van der Waals surface area contributed by atoms with Crippen molar-refractivity contribution in [2.75, 3.05) is 17.7 Å². The molecule has 0 saturated heterocycles. The Morgan fingerprint density at radius 3 is 2.03 bits per heavy atom. The molecule has 7 nitrogen and oxygen atoms in total. The molecule has 0 unspecified atom stereocenters. The third-order valence-corrected chi connectivity index (χ3v) is 5.14. The summed E-state index contributed by atoms with van der Waals surface area (Å²) in [5.74, 6) is -0.529. The Hall–Kier alpha value is -4.13. The first-order chi connectivity index (χ1) is 15.0. The molecule has 3 aromatic rings. The van der Waals surface area contributed by atoms with Crippen LogP contribution in [0.5, 0.6) is 0 Å². The van der Waals surface area contributed by atoms with Crippen LogP contribution in [0.25, 0.3) is 0 Å². The molecule has 0 spiro atoms. The number of carbonyl (C=O) groups is 3. The summed E-state index contributed by atoms with van der Waals surface area (Å²) >= 11 is 0. The average molecular weight is 414 g/mol. The van der Waals surface area contributed by atoms with Crippen molar-refractivity contribution in [1.82, 2.24) is 10.2 Å². The zero-order valence-electron chi connectivity index (χ0n) is 17.0. The Morgan fingerprint density at radius 1 is 0.710 bits per heavy atom. The van der Waals surface area contributed by atoms with E-state index in [-0.39, 0.29) is 17.8 Å². The van der Waals surface area contributed by atoms with Crippen LogP contribution >= 0.6 is 0 Å². The van der Waals surface area contributed by atoms with E-state index in [1.165, 1.54) is 0 Å². The van der Waals surface area contributed by atoms with Gasteiger partial charge in [0.1, 0.15) is 0 Å². The molecule has 0 saturated carbocycles. The zero-order valence-corrected chi connectivity index (χ0v) is 17.0. The first kappa shape index (κ1) is 20.2. The maximum absolute atomic E-state index is 12.6. The fourth-order valence-corrected chi connectivity index (χ4v) is 3.47. The molecule has 156 valence electrons. The number of urea groups is 1. The Bertz CT molecular complexity index is 1120. The van der Waals surface area contributed by atoms with Crippen LogP contribution in [0.15, 0.2) is 72.8 Å². The van der Waals surface area contributed by atoms with Crippen molar-refractivity contribution < 1.29 is 14.4 Å². The Kier molecular flexibility index (Phi) is 5.66. The summed E-state index contributed by atoms with van der Waals surface area (Å²) in [6, 6.07) is 21.2. The summed E-state index contributed by atoms with van der Waals surface area (Å²) in [6.07, 6.45) is 0. The number of nitrogens with zero attached hydrogens (tertiary/aromatic N) is 1. The lowest BCUT2D eigenvalue weighted by molar-refractivity contribution is 0.0961. The van der Waals surface area contributed by atoms with E-state index in [1.54, 1.807) is 60.5 Å². The van der Waals surface area contributed by atoms with Gasteiger partial charge in [0, 0.05) is 42.6 Å². The van der Waals surface area contributed by atoms with E-state index in [2.05, 4.69) is 16.0 Å². The molecular weight excluding hydrogens is 392 g/mol. The van der Waals surface area contributed by atoms with Crippen molar-refractivity contribution in [3.63, 3.8) is 0 Å². The fourth-order valence-electron chi connectivity index (χ4n) is 3.47. The SMILES string of the molecule is CNC(=O)c1cccc(NC(=O)c2ccc(NC(=O)N3Cc4ccccc4C3)cc2)c1. The van der Waals surface area contributed by atoms with E-state index in [0.717, 1.165) is 11.1 Å². The monoisotopic (exact) mass is 414 g/mol. The minimum atomic E-state index is -0.304. The van der Waals surface area contributed by atoms with Crippen LogP contribution in [0.2, 0.25) is 0 Å². The van der Waals surface area contributed by atoms with Crippen molar-refractivity contribution in [3.05, 3.63) is 95.1 Å². The highest BCUT2D eigenvalue weighted by Gasteiger charge is 2.22. The minimum absolute atomic E-state index is 0.181. The highest BCUT2D eigenvalue weighted by atomic mass is 16.2. The number of anilines is 2. The second kappa shape index (κ2) is 8.71. The average Bonchev–Trinajstić information content (AvgIpc) is 3.24. The first-order valence-corrected chi connectivity index (χ1v) is 9.90. The summed E-state index contributed by atoms with van der Waals surface area (Å²) in [4.78, 5) is 38.6.